The van der Waals surface area contributed by atoms with Crippen LogP contribution >= 0.6 is 11.8 Å². The molecule has 0 aromatic rings. The van der Waals surface area contributed by atoms with E-state index in [2.05, 4.69) is 18.3 Å². The first-order valence-corrected chi connectivity index (χ1v) is 5.48. The summed E-state index contributed by atoms with van der Waals surface area (Å²) >= 11 is 1.65. The van der Waals surface area contributed by atoms with Gasteiger partial charge in [0.05, 0.1) is 0 Å². The Morgan fingerprint density at radius 3 is 2.23 bits per heavy atom. The molecular weight excluding hydrogens is 178 g/mol. The van der Waals surface area contributed by atoms with Crippen molar-refractivity contribution >= 4 is 18.5 Å². The van der Waals surface area contributed by atoms with Gasteiger partial charge in [-0.2, -0.15) is 0 Å². The summed E-state index contributed by atoms with van der Waals surface area (Å²) < 4.78 is 0. The molecule has 0 aliphatic carbocycles. The van der Waals surface area contributed by atoms with Gasteiger partial charge in [-0.05, 0) is 25.5 Å². The maximum absolute atomic E-state index is 3.70. The maximum Gasteiger partial charge on any atom is 0.0399 e. The van der Waals surface area contributed by atoms with Crippen LogP contribution in [0.2, 0.25) is 0 Å². The standard InChI is InChI=1S/C9H13NS.C2H6/c1-5-6-8(2)9(11-4)7-10-3;1-2/h5-7H,1,3H2,2,4H3;1-2H3/b8-6+,9-7-;. The molecule has 0 heterocycles. The predicted octanol–water partition coefficient (Wildman–Crippen LogP) is 4.05. The molecule has 0 N–H and O–H groups in total. The first-order chi connectivity index (χ1) is 6.26. The van der Waals surface area contributed by atoms with Gasteiger partial charge in [0.25, 0.3) is 0 Å². The van der Waals surface area contributed by atoms with Crippen LogP contribution in [0, 0.1) is 0 Å². The predicted molar refractivity (Wildman–Crippen MR) is 66.4 cm³/mol. The van der Waals surface area contributed by atoms with Crippen LogP contribution in [0.25, 0.3) is 0 Å². The van der Waals surface area contributed by atoms with Crippen molar-refractivity contribution in [1.82, 2.24) is 0 Å². The lowest BCUT2D eigenvalue weighted by Crippen LogP contribution is -1.77. The zero-order chi connectivity index (χ0) is 10.7. The molecule has 0 radical (unpaired) electrons. The van der Waals surface area contributed by atoms with Crippen molar-refractivity contribution < 1.29 is 0 Å². The van der Waals surface area contributed by atoms with E-state index in [4.69, 9.17) is 0 Å². The van der Waals surface area contributed by atoms with Crippen LogP contribution in [0.15, 0.2) is 40.4 Å². The van der Waals surface area contributed by atoms with Crippen LogP contribution in [-0.2, 0) is 0 Å². The van der Waals surface area contributed by atoms with Gasteiger partial charge in [0.2, 0.25) is 0 Å². The third-order valence-corrected chi connectivity index (χ3v) is 2.05. The number of rotatable bonds is 4. The maximum atomic E-state index is 3.70. The summed E-state index contributed by atoms with van der Waals surface area (Å²) in [5, 5.41) is 0. The highest BCUT2D eigenvalue weighted by atomic mass is 32.2. The quantitative estimate of drug-likeness (QED) is 0.489. The van der Waals surface area contributed by atoms with Crippen molar-refractivity contribution in [3.05, 3.63) is 35.4 Å². The van der Waals surface area contributed by atoms with E-state index >= 15 is 0 Å². The first-order valence-electron chi connectivity index (χ1n) is 4.26. The van der Waals surface area contributed by atoms with Gasteiger partial charge in [0.15, 0.2) is 0 Å². The van der Waals surface area contributed by atoms with Crippen molar-refractivity contribution in [3.8, 4) is 0 Å². The summed E-state index contributed by atoms with van der Waals surface area (Å²) in [7, 11) is 0. The fourth-order valence-corrected chi connectivity index (χ4v) is 1.23. The zero-order valence-corrected chi connectivity index (χ0v) is 9.82. The highest BCUT2D eigenvalue weighted by Gasteiger charge is 1.94. The fraction of sp³-hybridized carbons (Fsp3) is 0.364. The molecule has 0 atom stereocenters. The summed E-state index contributed by atoms with van der Waals surface area (Å²) in [5.41, 5.74) is 1.17. The minimum Gasteiger partial charge on any atom is -0.271 e. The Hall–Kier alpha value is -0.760. The molecule has 0 saturated heterocycles. The molecule has 0 aliphatic rings. The van der Waals surface area contributed by atoms with E-state index in [1.165, 1.54) is 5.57 Å². The molecule has 0 unspecified atom stereocenters. The van der Waals surface area contributed by atoms with Crippen LogP contribution in [0.3, 0.4) is 0 Å². The Morgan fingerprint density at radius 1 is 1.38 bits per heavy atom. The summed E-state index contributed by atoms with van der Waals surface area (Å²) in [6.45, 7) is 13.0. The van der Waals surface area contributed by atoms with Gasteiger partial charge in [-0.25, -0.2) is 0 Å². The molecule has 0 aromatic carbocycles. The number of nitrogens with zero attached hydrogens (tertiary/aromatic N) is 1. The molecule has 0 rings (SSSR count). The Bertz CT molecular complexity index is 202. The van der Waals surface area contributed by atoms with Crippen LogP contribution in [-0.4, -0.2) is 13.0 Å². The van der Waals surface area contributed by atoms with E-state index in [0.29, 0.717) is 0 Å². The van der Waals surface area contributed by atoms with Gasteiger partial charge < -0.3 is 0 Å². The molecule has 74 valence electrons. The van der Waals surface area contributed by atoms with Gasteiger partial charge in [-0.1, -0.05) is 32.6 Å². The van der Waals surface area contributed by atoms with E-state index in [0.717, 1.165) is 4.91 Å². The van der Waals surface area contributed by atoms with Gasteiger partial charge in [0.1, 0.15) is 0 Å². The summed E-state index contributed by atoms with van der Waals surface area (Å²) in [6.07, 6.45) is 7.48. The lowest BCUT2D eigenvalue weighted by atomic mass is 10.3. The van der Waals surface area contributed by atoms with Crippen molar-refractivity contribution in [3.63, 3.8) is 0 Å². The van der Waals surface area contributed by atoms with Crippen molar-refractivity contribution in [2.24, 2.45) is 4.99 Å². The Morgan fingerprint density at radius 2 is 1.92 bits per heavy atom. The Balaban J connectivity index is 0. The third kappa shape index (κ3) is 7.60. The van der Waals surface area contributed by atoms with Crippen LogP contribution < -0.4 is 0 Å². The Kier molecular flexibility index (Phi) is 12.8. The average molecular weight is 197 g/mol. The minimum absolute atomic E-state index is 1.12. The molecule has 0 aliphatic heterocycles. The van der Waals surface area contributed by atoms with Crippen LogP contribution in [0.5, 0.6) is 0 Å². The lowest BCUT2D eigenvalue weighted by Gasteiger charge is -2.00. The molecule has 1 nitrogen and oxygen atoms in total. The molecule has 2 heteroatoms. The van der Waals surface area contributed by atoms with E-state index in [1.807, 2.05) is 33.1 Å². The van der Waals surface area contributed by atoms with Gasteiger partial charge in [0, 0.05) is 11.1 Å². The van der Waals surface area contributed by atoms with E-state index in [9.17, 15) is 0 Å². The number of aliphatic imine (C=N–C) groups is 1. The highest BCUT2D eigenvalue weighted by molar-refractivity contribution is 8.02. The smallest absolute Gasteiger partial charge is 0.0399 e. The molecular formula is C11H19NS. The number of hydrogen-bond acceptors (Lipinski definition) is 2. The Labute approximate surface area is 86.3 Å². The summed E-state index contributed by atoms with van der Waals surface area (Å²) in [5.74, 6) is 0. The summed E-state index contributed by atoms with van der Waals surface area (Å²) in [4.78, 5) is 4.83. The van der Waals surface area contributed by atoms with Crippen molar-refractivity contribution in [1.29, 1.82) is 0 Å². The zero-order valence-electron chi connectivity index (χ0n) is 9.00. The van der Waals surface area contributed by atoms with E-state index < -0.39 is 0 Å². The van der Waals surface area contributed by atoms with Crippen molar-refractivity contribution in [2.75, 3.05) is 6.26 Å². The molecule has 0 saturated carbocycles. The number of allylic oxidation sites excluding steroid dienone is 3. The molecule has 0 spiro atoms. The first kappa shape index (κ1) is 14.7. The monoisotopic (exact) mass is 197 g/mol. The highest BCUT2D eigenvalue weighted by Crippen LogP contribution is 2.20. The second kappa shape index (κ2) is 11.2. The second-order valence-electron chi connectivity index (χ2n) is 1.97. The van der Waals surface area contributed by atoms with Crippen molar-refractivity contribution in [2.45, 2.75) is 20.8 Å². The molecule has 0 aromatic heterocycles. The van der Waals surface area contributed by atoms with Crippen LogP contribution in [0.1, 0.15) is 20.8 Å². The summed E-state index contributed by atoms with van der Waals surface area (Å²) in [6, 6.07) is 0. The third-order valence-electron chi connectivity index (χ3n) is 1.18. The topological polar surface area (TPSA) is 12.4 Å². The molecule has 0 fully saturated rings. The minimum atomic E-state index is 1.12. The fourth-order valence-electron chi connectivity index (χ4n) is 0.657. The number of thioether (sulfide) groups is 1. The van der Waals surface area contributed by atoms with E-state index in [1.54, 1.807) is 24.0 Å². The molecule has 0 bridgehead atoms. The lowest BCUT2D eigenvalue weighted by molar-refractivity contribution is 1.45. The molecule has 13 heavy (non-hydrogen) atoms. The number of hydrogen-bond donors (Lipinski definition) is 0. The SMILES string of the molecule is C=C/C=C(C)/C(=C/N=C)SC.CC. The van der Waals surface area contributed by atoms with Gasteiger partial charge in [-0.15, -0.1) is 11.8 Å². The van der Waals surface area contributed by atoms with Gasteiger partial charge in [-0.3, -0.25) is 4.99 Å². The van der Waals surface area contributed by atoms with E-state index in [-0.39, 0.29) is 0 Å². The largest absolute Gasteiger partial charge is 0.271 e. The van der Waals surface area contributed by atoms with Crippen LogP contribution in [0.4, 0.5) is 0 Å². The van der Waals surface area contributed by atoms with Gasteiger partial charge >= 0.3 is 0 Å². The molecule has 0 amide bonds. The normalized spacial score (nSPS) is 11.4. The second-order valence-corrected chi connectivity index (χ2v) is 2.81. The average Bonchev–Trinajstić information content (AvgIpc) is 2.17.